The van der Waals surface area contributed by atoms with Crippen LogP contribution >= 0.6 is 11.5 Å². The Morgan fingerprint density at radius 3 is 3.12 bits per heavy atom. The lowest BCUT2D eigenvalue weighted by Gasteiger charge is -2.17. The smallest absolute Gasteiger partial charge is 0.279 e. The predicted molar refractivity (Wildman–Crippen MR) is 66.1 cm³/mol. The number of anilines is 2. The fourth-order valence-corrected chi connectivity index (χ4v) is 2.52. The van der Waals surface area contributed by atoms with Gasteiger partial charge in [-0.2, -0.15) is 0 Å². The van der Waals surface area contributed by atoms with E-state index in [0.717, 1.165) is 17.7 Å². The largest absolute Gasteiger partial charge is 0.397 e. The molecule has 5 nitrogen and oxygen atoms in total. The maximum Gasteiger partial charge on any atom is 0.279 e. The Balaban J connectivity index is 2.02. The van der Waals surface area contributed by atoms with Gasteiger partial charge in [-0.05, 0) is 29.6 Å². The highest BCUT2D eigenvalue weighted by atomic mass is 32.1. The van der Waals surface area contributed by atoms with Crippen LogP contribution in [0.15, 0.2) is 23.6 Å². The molecule has 0 saturated carbocycles. The summed E-state index contributed by atoms with van der Waals surface area (Å²) in [6.45, 7) is 0.653. The molecule has 1 aliphatic heterocycles. The van der Waals surface area contributed by atoms with Gasteiger partial charge in [-0.15, -0.1) is 5.10 Å². The maximum atomic E-state index is 12.2. The van der Waals surface area contributed by atoms with Crippen LogP contribution in [0, 0.1) is 0 Å². The van der Waals surface area contributed by atoms with Gasteiger partial charge in [-0.3, -0.25) is 4.79 Å². The van der Waals surface area contributed by atoms with Crippen molar-refractivity contribution in [3.8, 4) is 0 Å². The monoisotopic (exact) mass is 246 g/mol. The number of rotatable bonds is 1. The molecule has 17 heavy (non-hydrogen) atoms. The minimum absolute atomic E-state index is 0.129. The molecule has 0 radical (unpaired) electrons. The molecule has 6 heteroatoms. The van der Waals surface area contributed by atoms with E-state index >= 15 is 0 Å². The number of carbonyl (C=O) groups excluding carboxylic acids is 1. The zero-order valence-corrected chi connectivity index (χ0v) is 9.78. The molecule has 86 valence electrons. The number of benzene rings is 1. The van der Waals surface area contributed by atoms with Crippen molar-refractivity contribution in [2.75, 3.05) is 17.2 Å². The fraction of sp³-hybridized carbons (Fsp3) is 0.182. The van der Waals surface area contributed by atoms with Crippen molar-refractivity contribution in [2.24, 2.45) is 0 Å². The standard InChI is InChI=1S/C11H10N4OS/c12-8-3-1-2-7-4-5-15(10(7)8)11(16)9-6-17-14-13-9/h1-3,6H,4-5,12H2. The second-order valence-electron chi connectivity index (χ2n) is 3.85. The molecule has 1 aliphatic rings. The molecule has 1 amide bonds. The van der Waals surface area contributed by atoms with Crippen LogP contribution in [-0.2, 0) is 6.42 Å². The Kier molecular flexibility index (Phi) is 2.29. The van der Waals surface area contributed by atoms with Crippen molar-refractivity contribution in [1.29, 1.82) is 0 Å². The number of nitrogen functional groups attached to an aromatic ring is 1. The van der Waals surface area contributed by atoms with E-state index in [1.807, 2.05) is 18.2 Å². The van der Waals surface area contributed by atoms with Crippen molar-refractivity contribution in [2.45, 2.75) is 6.42 Å². The predicted octanol–water partition coefficient (Wildman–Crippen LogP) is 1.32. The van der Waals surface area contributed by atoms with E-state index in [1.54, 1.807) is 10.3 Å². The van der Waals surface area contributed by atoms with E-state index in [0.29, 0.717) is 17.9 Å². The average Bonchev–Trinajstić information content (AvgIpc) is 2.98. The molecule has 0 fully saturated rings. The molecular formula is C11H10N4OS. The van der Waals surface area contributed by atoms with Crippen molar-refractivity contribution in [3.05, 3.63) is 34.8 Å². The fourth-order valence-electron chi connectivity index (χ4n) is 2.09. The normalized spacial score (nSPS) is 13.8. The number of nitrogens with zero attached hydrogens (tertiary/aromatic N) is 3. The summed E-state index contributed by atoms with van der Waals surface area (Å²) in [5.41, 5.74) is 8.88. The first-order valence-corrected chi connectivity index (χ1v) is 6.07. The Morgan fingerprint density at radius 2 is 2.35 bits per heavy atom. The summed E-state index contributed by atoms with van der Waals surface area (Å²) in [6, 6.07) is 5.72. The SMILES string of the molecule is Nc1cccc2c1N(C(=O)c1csnn1)CC2. The van der Waals surface area contributed by atoms with E-state index in [1.165, 1.54) is 11.5 Å². The zero-order chi connectivity index (χ0) is 11.8. The van der Waals surface area contributed by atoms with Gasteiger partial charge >= 0.3 is 0 Å². The maximum absolute atomic E-state index is 12.2. The van der Waals surface area contributed by atoms with Crippen molar-refractivity contribution in [3.63, 3.8) is 0 Å². The minimum atomic E-state index is -0.129. The molecule has 0 bridgehead atoms. The van der Waals surface area contributed by atoms with Crippen LogP contribution in [-0.4, -0.2) is 22.0 Å². The van der Waals surface area contributed by atoms with Gasteiger partial charge < -0.3 is 10.6 Å². The molecule has 2 aromatic rings. The number of hydrogen-bond acceptors (Lipinski definition) is 5. The minimum Gasteiger partial charge on any atom is -0.397 e. The highest BCUT2D eigenvalue weighted by Crippen LogP contribution is 2.34. The van der Waals surface area contributed by atoms with Gasteiger partial charge in [0.1, 0.15) is 0 Å². The molecular weight excluding hydrogens is 236 g/mol. The first-order valence-electron chi connectivity index (χ1n) is 5.23. The number of aromatic nitrogens is 2. The van der Waals surface area contributed by atoms with Crippen molar-refractivity contribution < 1.29 is 4.79 Å². The topological polar surface area (TPSA) is 72.1 Å². The first kappa shape index (κ1) is 10.2. The summed E-state index contributed by atoms with van der Waals surface area (Å²) in [5.74, 6) is -0.129. The van der Waals surface area contributed by atoms with Gasteiger partial charge in [-0.1, -0.05) is 16.6 Å². The van der Waals surface area contributed by atoms with Crippen LogP contribution in [0.4, 0.5) is 11.4 Å². The van der Waals surface area contributed by atoms with Crippen LogP contribution in [0.3, 0.4) is 0 Å². The number of para-hydroxylation sites is 1. The highest BCUT2D eigenvalue weighted by molar-refractivity contribution is 7.03. The highest BCUT2D eigenvalue weighted by Gasteiger charge is 2.28. The lowest BCUT2D eigenvalue weighted by Crippen LogP contribution is -2.29. The summed E-state index contributed by atoms with van der Waals surface area (Å²) < 4.78 is 3.71. The summed E-state index contributed by atoms with van der Waals surface area (Å²) in [4.78, 5) is 13.9. The number of hydrogen-bond donors (Lipinski definition) is 1. The quantitative estimate of drug-likeness (QED) is 0.770. The molecule has 0 saturated heterocycles. The Hall–Kier alpha value is -1.95. The molecule has 2 heterocycles. The zero-order valence-electron chi connectivity index (χ0n) is 8.96. The van der Waals surface area contributed by atoms with Gasteiger partial charge in [0, 0.05) is 11.9 Å². The third-order valence-corrected chi connectivity index (χ3v) is 3.35. The van der Waals surface area contributed by atoms with Crippen LogP contribution in [0.2, 0.25) is 0 Å². The first-order chi connectivity index (χ1) is 8.27. The second kappa shape index (κ2) is 3.81. The summed E-state index contributed by atoms with van der Waals surface area (Å²) in [6.07, 6.45) is 0.837. The third kappa shape index (κ3) is 1.57. The molecule has 0 aliphatic carbocycles. The summed E-state index contributed by atoms with van der Waals surface area (Å²) in [5, 5.41) is 5.45. The molecule has 2 N–H and O–H groups in total. The Bertz CT molecular complexity index is 567. The molecule has 1 aromatic carbocycles. The van der Waals surface area contributed by atoms with Gasteiger partial charge in [0.2, 0.25) is 0 Å². The number of carbonyl (C=O) groups is 1. The molecule has 3 rings (SSSR count). The Labute approximate surface area is 102 Å². The van der Waals surface area contributed by atoms with Crippen LogP contribution < -0.4 is 10.6 Å². The third-order valence-electron chi connectivity index (χ3n) is 2.85. The van der Waals surface area contributed by atoms with Crippen LogP contribution in [0.1, 0.15) is 16.1 Å². The molecule has 0 atom stereocenters. The average molecular weight is 246 g/mol. The molecule has 1 aromatic heterocycles. The lowest BCUT2D eigenvalue weighted by atomic mass is 10.1. The van der Waals surface area contributed by atoms with Crippen LogP contribution in [0.25, 0.3) is 0 Å². The second-order valence-corrected chi connectivity index (χ2v) is 4.46. The molecule has 0 unspecified atom stereocenters. The number of amides is 1. The van der Waals surface area contributed by atoms with E-state index < -0.39 is 0 Å². The number of nitrogens with two attached hydrogens (primary N) is 1. The molecule has 0 spiro atoms. The van der Waals surface area contributed by atoms with E-state index in [4.69, 9.17) is 5.73 Å². The van der Waals surface area contributed by atoms with Crippen molar-refractivity contribution >= 4 is 28.8 Å². The Morgan fingerprint density at radius 1 is 1.47 bits per heavy atom. The summed E-state index contributed by atoms with van der Waals surface area (Å²) in [7, 11) is 0. The van der Waals surface area contributed by atoms with Gasteiger partial charge in [0.25, 0.3) is 5.91 Å². The van der Waals surface area contributed by atoms with Crippen LogP contribution in [0.5, 0.6) is 0 Å². The van der Waals surface area contributed by atoms with Gasteiger partial charge in [0.15, 0.2) is 5.69 Å². The van der Waals surface area contributed by atoms with E-state index in [-0.39, 0.29) is 5.91 Å². The number of fused-ring (bicyclic) bond motifs is 1. The van der Waals surface area contributed by atoms with Crippen molar-refractivity contribution in [1.82, 2.24) is 9.59 Å². The summed E-state index contributed by atoms with van der Waals surface area (Å²) >= 11 is 1.17. The lowest BCUT2D eigenvalue weighted by molar-refractivity contribution is 0.0984. The van der Waals surface area contributed by atoms with Gasteiger partial charge in [0.05, 0.1) is 11.4 Å². The van der Waals surface area contributed by atoms with E-state index in [9.17, 15) is 4.79 Å². The van der Waals surface area contributed by atoms with Gasteiger partial charge in [-0.25, -0.2) is 0 Å². The van der Waals surface area contributed by atoms with E-state index in [2.05, 4.69) is 9.59 Å².